The van der Waals surface area contributed by atoms with Crippen LogP contribution in [0, 0.1) is 0 Å². The molecule has 1 saturated heterocycles. The Hall–Kier alpha value is -0.770. The largest absolute Gasteiger partial charge is 0.335 e. The summed E-state index contributed by atoms with van der Waals surface area (Å²) in [5, 5.41) is 3.09. The minimum atomic E-state index is 0.115. The number of hydrogen-bond acceptors (Lipinski definition) is 2. The first-order valence-electron chi connectivity index (χ1n) is 6.49. The fourth-order valence-electron chi connectivity index (χ4n) is 2.03. The van der Waals surface area contributed by atoms with E-state index in [0.29, 0.717) is 6.04 Å². The molecule has 0 atom stereocenters. The third-order valence-corrected chi connectivity index (χ3v) is 3.42. The van der Waals surface area contributed by atoms with Crippen LogP contribution in [-0.2, 0) is 0 Å². The molecule has 0 aromatic heterocycles. The van der Waals surface area contributed by atoms with Gasteiger partial charge < -0.3 is 15.1 Å². The van der Waals surface area contributed by atoms with Crippen LogP contribution in [0.3, 0.4) is 0 Å². The molecule has 2 amide bonds. The Bertz CT molecular complexity index is 208. The highest BCUT2D eigenvalue weighted by molar-refractivity contribution is 5.74. The van der Waals surface area contributed by atoms with Crippen molar-refractivity contribution in [2.75, 3.05) is 32.7 Å². The van der Waals surface area contributed by atoms with E-state index in [1.54, 1.807) is 0 Å². The number of likely N-dealkylation sites (N-methyl/N-ethyl adjacent to an activating group) is 1. The predicted molar refractivity (Wildman–Crippen MR) is 66.6 cm³/mol. The third-order valence-electron chi connectivity index (χ3n) is 3.42. The van der Waals surface area contributed by atoms with E-state index >= 15 is 0 Å². The van der Waals surface area contributed by atoms with Crippen LogP contribution in [0.4, 0.5) is 4.79 Å². The zero-order chi connectivity index (χ0) is 12.0. The highest BCUT2D eigenvalue weighted by Gasteiger charge is 2.21. The molecule has 94 valence electrons. The van der Waals surface area contributed by atoms with Crippen LogP contribution in [0.25, 0.3) is 0 Å². The van der Waals surface area contributed by atoms with E-state index in [9.17, 15) is 4.79 Å². The lowest BCUT2D eigenvalue weighted by Gasteiger charge is -2.34. The zero-order valence-corrected chi connectivity index (χ0v) is 10.8. The molecule has 0 aromatic rings. The topological polar surface area (TPSA) is 35.6 Å². The highest BCUT2D eigenvalue weighted by Crippen LogP contribution is 2.03. The summed E-state index contributed by atoms with van der Waals surface area (Å²) in [5.74, 6) is 0. The maximum absolute atomic E-state index is 11.9. The molecule has 0 radical (unpaired) electrons. The van der Waals surface area contributed by atoms with Gasteiger partial charge in [-0.25, -0.2) is 4.79 Å². The van der Waals surface area contributed by atoms with Crippen molar-refractivity contribution in [3.8, 4) is 0 Å². The quantitative estimate of drug-likeness (QED) is 0.790. The normalized spacial score (nSPS) is 17.9. The molecular weight excluding hydrogens is 202 g/mol. The van der Waals surface area contributed by atoms with Gasteiger partial charge >= 0.3 is 6.03 Å². The summed E-state index contributed by atoms with van der Waals surface area (Å²) in [4.78, 5) is 16.2. The van der Waals surface area contributed by atoms with E-state index in [1.165, 1.54) is 0 Å². The van der Waals surface area contributed by atoms with E-state index in [4.69, 9.17) is 0 Å². The SMILES string of the molecule is CCC(CC)NC(=O)N1CCN(CC)CC1. The summed E-state index contributed by atoms with van der Waals surface area (Å²) in [5.41, 5.74) is 0. The van der Waals surface area contributed by atoms with Crippen molar-refractivity contribution in [2.24, 2.45) is 0 Å². The highest BCUT2D eigenvalue weighted by atomic mass is 16.2. The van der Waals surface area contributed by atoms with Crippen LogP contribution < -0.4 is 5.32 Å². The Morgan fingerprint density at radius 3 is 2.12 bits per heavy atom. The van der Waals surface area contributed by atoms with Crippen molar-refractivity contribution in [3.63, 3.8) is 0 Å². The molecule has 1 rings (SSSR count). The van der Waals surface area contributed by atoms with Crippen LogP contribution in [-0.4, -0.2) is 54.6 Å². The molecule has 0 aromatic carbocycles. The Morgan fingerprint density at radius 1 is 1.12 bits per heavy atom. The second-order valence-corrected chi connectivity index (χ2v) is 4.38. The van der Waals surface area contributed by atoms with Crippen LogP contribution in [0.2, 0.25) is 0 Å². The number of carbonyl (C=O) groups excluding carboxylic acids is 1. The summed E-state index contributed by atoms with van der Waals surface area (Å²) in [6.45, 7) is 11.2. The van der Waals surface area contributed by atoms with Crippen LogP contribution in [0.5, 0.6) is 0 Å². The van der Waals surface area contributed by atoms with Crippen molar-refractivity contribution >= 4 is 6.03 Å². The van der Waals surface area contributed by atoms with Gasteiger partial charge in [-0.3, -0.25) is 0 Å². The van der Waals surface area contributed by atoms with Gasteiger partial charge in [0.1, 0.15) is 0 Å². The van der Waals surface area contributed by atoms with Gasteiger partial charge in [0.25, 0.3) is 0 Å². The van der Waals surface area contributed by atoms with Gasteiger partial charge in [-0.1, -0.05) is 20.8 Å². The lowest BCUT2D eigenvalue weighted by atomic mass is 10.2. The molecule has 0 unspecified atom stereocenters. The van der Waals surface area contributed by atoms with E-state index in [0.717, 1.165) is 45.6 Å². The lowest BCUT2D eigenvalue weighted by molar-refractivity contribution is 0.140. The summed E-state index contributed by atoms with van der Waals surface area (Å²) in [6, 6.07) is 0.446. The van der Waals surface area contributed by atoms with Gasteiger partial charge in [-0.2, -0.15) is 0 Å². The number of rotatable bonds is 4. The zero-order valence-electron chi connectivity index (χ0n) is 10.8. The minimum absolute atomic E-state index is 0.115. The van der Waals surface area contributed by atoms with Crippen LogP contribution in [0.15, 0.2) is 0 Å². The molecular formula is C12H25N3O. The number of nitrogens with zero attached hydrogens (tertiary/aromatic N) is 2. The van der Waals surface area contributed by atoms with Crippen molar-refractivity contribution in [2.45, 2.75) is 39.7 Å². The fourth-order valence-corrected chi connectivity index (χ4v) is 2.03. The van der Waals surface area contributed by atoms with Crippen molar-refractivity contribution < 1.29 is 4.79 Å². The molecule has 16 heavy (non-hydrogen) atoms. The van der Waals surface area contributed by atoms with Gasteiger partial charge in [0.2, 0.25) is 0 Å². The Balaban J connectivity index is 2.32. The minimum Gasteiger partial charge on any atom is -0.335 e. The predicted octanol–water partition coefficient (Wildman–Crippen LogP) is 1.52. The first kappa shape index (κ1) is 13.3. The van der Waals surface area contributed by atoms with E-state index in [2.05, 4.69) is 31.0 Å². The molecule has 4 nitrogen and oxygen atoms in total. The number of amides is 2. The molecule has 1 fully saturated rings. The molecule has 1 heterocycles. The number of hydrogen-bond donors (Lipinski definition) is 1. The summed E-state index contributed by atoms with van der Waals surface area (Å²) in [6.07, 6.45) is 2.02. The third kappa shape index (κ3) is 3.67. The van der Waals surface area contributed by atoms with Crippen LogP contribution in [0.1, 0.15) is 33.6 Å². The molecule has 4 heteroatoms. The van der Waals surface area contributed by atoms with Crippen molar-refractivity contribution in [3.05, 3.63) is 0 Å². The monoisotopic (exact) mass is 227 g/mol. The Morgan fingerprint density at radius 2 is 1.69 bits per heavy atom. The fraction of sp³-hybridized carbons (Fsp3) is 0.917. The van der Waals surface area contributed by atoms with Crippen molar-refractivity contribution in [1.82, 2.24) is 15.1 Å². The number of urea groups is 1. The standard InChI is InChI=1S/C12H25N3O/c1-4-11(5-2)13-12(16)15-9-7-14(6-3)8-10-15/h11H,4-10H2,1-3H3,(H,13,16). The maximum atomic E-state index is 11.9. The van der Waals surface area contributed by atoms with E-state index in [-0.39, 0.29) is 6.03 Å². The van der Waals surface area contributed by atoms with E-state index < -0.39 is 0 Å². The number of nitrogens with one attached hydrogen (secondary N) is 1. The van der Waals surface area contributed by atoms with Crippen LogP contribution >= 0.6 is 0 Å². The average Bonchev–Trinajstić information content (AvgIpc) is 2.35. The number of piperazine rings is 1. The van der Waals surface area contributed by atoms with Gasteiger partial charge in [-0.15, -0.1) is 0 Å². The maximum Gasteiger partial charge on any atom is 0.317 e. The van der Waals surface area contributed by atoms with Gasteiger partial charge in [0.05, 0.1) is 0 Å². The summed E-state index contributed by atoms with van der Waals surface area (Å²) in [7, 11) is 0. The van der Waals surface area contributed by atoms with E-state index in [1.807, 2.05) is 4.90 Å². The number of carbonyl (C=O) groups is 1. The molecule has 0 aliphatic carbocycles. The first-order valence-corrected chi connectivity index (χ1v) is 6.49. The molecule has 1 aliphatic heterocycles. The molecule has 1 N–H and O–H groups in total. The first-order chi connectivity index (χ1) is 7.71. The molecule has 1 aliphatic rings. The van der Waals surface area contributed by atoms with Gasteiger partial charge in [0.15, 0.2) is 0 Å². The summed E-state index contributed by atoms with van der Waals surface area (Å²) >= 11 is 0. The molecule has 0 bridgehead atoms. The second-order valence-electron chi connectivity index (χ2n) is 4.38. The molecule has 0 saturated carbocycles. The van der Waals surface area contributed by atoms with Gasteiger partial charge in [-0.05, 0) is 19.4 Å². The van der Waals surface area contributed by atoms with Crippen molar-refractivity contribution in [1.29, 1.82) is 0 Å². The second kappa shape index (κ2) is 6.74. The Kier molecular flexibility index (Phi) is 5.60. The smallest absolute Gasteiger partial charge is 0.317 e. The Labute approximate surface area is 99.0 Å². The average molecular weight is 227 g/mol. The summed E-state index contributed by atoms with van der Waals surface area (Å²) < 4.78 is 0. The van der Waals surface area contributed by atoms with Gasteiger partial charge in [0, 0.05) is 32.2 Å². The molecule has 0 spiro atoms. The lowest BCUT2D eigenvalue weighted by Crippen LogP contribution is -2.53.